The van der Waals surface area contributed by atoms with E-state index in [1.54, 1.807) is 0 Å². The molecule has 116 valence electrons. The lowest BCUT2D eigenvalue weighted by atomic mass is 9.90. The van der Waals surface area contributed by atoms with Crippen LogP contribution in [-0.4, -0.2) is 52.8 Å². The van der Waals surface area contributed by atoms with E-state index < -0.39 is 35.7 Å². The number of aliphatic hydroxyl groups is 1. The van der Waals surface area contributed by atoms with Gasteiger partial charge in [0.25, 0.3) is 0 Å². The Hall–Kier alpha value is -1.55. The second kappa shape index (κ2) is 5.02. The van der Waals surface area contributed by atoms with Crippen molar-refractivity contribution in [3.8, 4) is 0 Å². The minimum Gasteiger partial charge on any atom is -0.394 e. The van der Waals surface area contributed by atoms with Gasteiger partial charge in [-0.25, -0.2) is 4.79 Å². The summed E-state index contributed by atoms with van der Waals surface area (Å²) in [4.78, 5) is 15.0. The summed E-state index contributed by atoms with van der Waals surface area (Å²) >= 11 is 0. The van der Waals surface area contributed by atoms with Crippen molar-refractivity contribution in [1.82, 2.24) is 9.55 Å². The van der Waals surface area contributed by atoms with Gasteiger partial charge in [-0.2, -0.15) is 9.37 Å². The first-order valence-electron chi connectivity index (χ1n) is 6.49. The number of nitrogens with zero attached hydrogens (tertiary/aromatic N) is 2. The van der Waals surface area contributed by atoms with Crippen LogP contribution in [0.3, 0.4) is 0 Å². The average molecular weight is 301 g/mol. The van der Waals surface area contributed by atoms with E-state index in [1.807, 2.05) is 0 Å². The van der Waals surface area contributed by atoms with Crippen molar-refractivity contribution in [2.24, 2.45) is 0 Å². The third kappa shape index (κ3) is 2.13. The largest absolute Gasteiger partial charge is 0.394 e. The van der Waals surface area contributed by atoms with Gasteiger partial charge in [-0.1, -0.05) is 0 Å². The molecular formula is C12H16FN3O5. The van der Waals surface area contributed by atoms with Gasteiger partial charge in [0.15, 0.2) is 6.23 Å². The van der Waals surface area contributed by atoms with Crippen LogP contribution in [-0.2, 0) is 14.2 Å². The molecular weight excluding hydrogens is 285 g/mol. The molecule has 1 aromatic rings. The lowest BCUT2D eigenvalue weighted by molar-refractivity contribution is -0.149. The van der Waals surface area contributed by atoms with Crippen molar-refractivity contribution in [1.29, 1.82) is 0 Å². The summed E-state index contributed by atoms with van der Waals surface area (Å²) in [5.74, 6) is -1.04. The number of aliphatic hydroxyl groups excluding tert-OH is 1. The summed E-state index contributed by atoms with van der Waals surface area (Å²) in [5, 5.41) is 10.4. The summed E-state index contributed by atoms with van der Waals surface area (Å²) in [6.07, 6.45) is -1.13. The van der Waals surface area contributed by atoms with Crippen LogP contribution < -0.4 is 11.4 Å². The standard InChI is InChI=1S/C12H16FN3O5/c1-19-5-12-2-3-20-7(8(12)17)10(21-12)16-4-6(14)9(13)15-11(16)18/h4,7-8,10,17H,2-3,5,14H2,1H3/t7?,8?,10-,12-/m1/s1. The first-order chi connectivity index (χ1) is 9.98. The molecule has 2 unspecified atom stereocenters. The number of aromatic nitrogens is 2. The van der Waals surface area contributed by atoms with Gasteiger partial charge in [0.2, 0.25) is 5.95 Å². The zero-order valence-electron chi connectivity index (χ0n) is 11.4. The molecule has 3 N–H and O–H groups in total. The second-order valence-corrected chi connectivity index (χ2v) is 5.21. The van der Waals surface area contributed by atoms with Crippen LogP contribution in [0.25, 0.3) is 0 Å². The van der Waals surface area contributed by atoms with E-state index in [4.69, 9.17) is 19.9 Å². The molecule has 2 aliphatic rings. The van der Waals surface area contributed by atoms with Gasteiger partial charge in [0.1, 0.15) is 23.5 Å². The molecule has 3 rings (SSSR count). The van der Waals surface area contributed by atoms with Crippen molar-refractivity contribution >= 4 is 5.69 Å². The Morgan fingerprint density at radius 2 is 2.48 bits per heavy atom. The van der Waals surface area contributed by atoms with E-state index in [2.05, 4.69) is 4.98 Å². The van der Waals surface area contributed by atoms with Gasteiger partial charge in [0.05, 0.1) is 13.2 Å². The van der Waals surface area contributed by atoms with E-state index in [0.717, 1.165) is 10.8 Å². The van der Waals surface area contributed by atoms with Crippen molar-refractivity contribution in [3.05, 3.63) is 22.6 Å². The Morgan fingerprint density at radius 1 is 1.71 bits per heavy atom. The van der Waals surface area contributed by atoms with Crippen LogP contribution in [0.1, 0.15) is 12.6 Å². The number of fused-ring (bicyclic) bond motifs is 2. The maximum absolute atomic E-state index is 13.2. The molecule has 0 radical (unpaired) electrons. The normalized spacial score (nSPS) is 35.1. The van der Waals surface area contributed by atoms with Crippen LogP contribution in [0.4, 0.5) is 10.1 Å². The highest BCUT2D eigenvalue weighted by Crippen LogP contribution is 2.44. The molecule has 4 atom stereocenters. The molecule has 1 aromatic heterocycles. The number of anilines is 1. The van der Waals surface area contributed by atoms with Crippen LogP contribution in [0.2, 0.25) is 0 Å². The first kappa shape index (κ1) is 14.4. The first-order valence-corrected chi connectivity index (χ1v) is 6.49. The zero-order chi connectivity index (χ0) is 15.2. The molecule has 0 aliphatic carbocycles. The molecule has 0 aromatic carbocycles. The molecule has 0 saturated carbocycles. The number of methoxy groups -OCH3 is 1. The maximum Gasteiger partial charge on any atom is 0.352 e. The van der Waals surface area contributed by atoms with Crippen molar-refractivity contribution < 1.29 is 23.7 Å². The Kier molecular flexibility index (Phi) is 3.44. The number of hydrogen-bond donors (Lipinski definition) is 2. The third-order valence-corrected chi connectivity index (χ3v) is 3.92. The summed E-state index contributed by atoms with van der Waals surface area (Å²) in [7, 11) is 1.49. The van der Waals surface area contributed by atoms with Gasteiger partial charge in [-0.05, 0) is 0 Å². The smallest absolute Gasteiger partial charge is 0.352 e. The van der Waals surface area contributed by atoms with Gasteiger partial charge in [-0.15, -0.1) is 0 Å². The molecule has 3 heterocycles. The van der Waals surface area contributed by atoms with Crippen LogP contribution in [0, 0.1) is 5.95 Å². The van der Waals surface area contributed by atoms with Crippen molar-refractivity contribution in [2.45, 2.75) is 30.5 Å². The number of nitrogens with two attached hydrogens (primary N) is 1. The maximum atomic E-state index is 13.2. The highest BCUT2D eigenvalue weighted by molar-refractivity contribution is 5.32. The fraction of sp³-hybridized carbons (Fsp3) is 0.667. The predicted octanol–water partition coefficient (Wildman–Crippen LogP) is -0.972. The van der Waals surface area contributed by atoms with Gasteiger partial charge >= 0.3 is 5.69 Å². The molecule has 2 fully saturated rings. The molecule has 21 heavy (non-hydrogen) atoms. The Balaban J connectivity index is 2.01. The molecule has 0 amide bonds. The van der Waals surface area contributed by atoms with Gasteiger partial charge in [0, 0.05) is 19.7 Å². The quantitative estimate of drug-likeness (QED) is 0.691. The second-order valence-electron chi connectivity index (χ2n) is 5.21. The topological polar surface area (TPSA) is 109 Å². The van der Waals surface area contributed by atoms with E-state index in [-0.39, 0.29) is 12.3 Å². The molecule has 0 spiro atoms. The zero-order valence-corrected chi connectivity index (χ0v) is 11.4. The average Bonchev–Trinajstić information content (AvgIpc) is 2.60. The molecule has 2 aliphatic heterocycles. The lowest BCUT2D eigenvalue weighted by Gasteiger charge is -2.34. The SMILES string of the molecule is COC[C@]12CCOC(C1O)[C@H](n1cc(N)c(F)nc1=O)O2. The fourth-order valence-corrected chi connectivity index (χ4v) is 2.88. The Morgan fingerprint density at radius 3 is 3.19 bits per heavy atom. The monoisotopic (exact) mass is 301 g/mol. The van der Waals surface area contributed by atoms with E-state index >= 15 is 0 Å². The van der Waals surface area contributed by atoms with E-state index in [1.165, 1.54) is 7.11 Å². The number of rotatable bonds is 3. The van der Waals surface area contributed by atoms with Gasteiger partial charge in [-0.3, -0.25) is 4.57 Å². The highest BCUT2D eigenvalue weighted by atomic mass is 19.1. The van der Waals surface area contributed by atoms with Crippen molar-refractivity contribution in [2.75, 3.05) is 26.1 Å². The fourth-order valence-electron chi connectivity index (χ4n) is 2.88. The Bertz CT molecular complexity index is 605. The van der Waals surface area contributed by atoms with E-state index in [9.17, 15) is 14.3 Å². The Labute approximate surface area is 119 Å². The number of hydrogen-bond acceptors (Lipinski definition) is 7. The predicted molar refractivity (Wildman–Crippen MR) is 68.0 cm³/mol. The molecule has 9 heteroatoms. The van der Waals surface area contributed by atoms with Crippen LogP contribution in [0.5, 0.6) is 0 Å². The van der Waals surface area contributed by atoms with Crippen molar-refractivity contribution in [3.63, 3.8) is 0 Å². The minimum atomic E-state index is -1.04. The summed E-state index contributed by atoms with van der Waals surface area (Å²) in [6, 6.07) is 0. The summed E-state index contributed by atoms with van der Waals surface area (Å²) in [6.45, 7) is 0.518. The molecule has 2 saturated heterocycles. The highest BCUT2D eigenvalue weighted by Gasteiger charge is 2.58. The van der Waals surface area contributed by atoms with Crippen LogP contribution >= 0.6 is 0 Å². The lowest BCUT2D eigenvalue weighted by Crippen LogP contribution is -2.51. The number of halogens is 1. The summed E-state index contributed by atoms with van der Waals surface area (Å²) in [5.41, 5.74) is 3.35. The van der Waals surface area contributed by atoms with Crippen LogP contribution in [0.15, 0.2) is 11.0 Å². The minimum absolute atomic E-state index is 0.156. The molecule has 2 bridgehead atoms. The summed E-state index contributed by atoms with van der Waals surface area (Å²) < 4.78 is 30.7. The molecule has 8 nitrogen and oxygen atoms in total. The van der Waals surface area contributed by atoms with E-state index in [0.29, 0.717) is 13.0 Å². The number of nitrogen functional groups attached to an aromatic ring is 1. The number of ether oxygens (including phenoxy) is 3. The third-order valence-electron chi connectivity index (χ3n) is 3.92. The van der Waals surface area contributed by atoms with Gasteiger partial charge < -0.3 is 25.1 Å².